The van der Waals surface area contributed by atoms with Crippen LogP contribution in [0.15, 0.2) is 22.7 Å². The minimum absolute atomic E-state index is 0.0647. The van der Waals surface area contributed by atoms with Gasteiger partial charge in [0, 0.05) is 30.3 Å². The van der Waals surface area contributed by atoms with Gasteiger partial charge in [-0.05, 0) is 30.7 Å². The number of rotatable bonds is 2. The maximum absolute atomic E-state index is 5.87. The zero-order valence-corrected chi connectivity index (χ0v) is 9.80. The molecule has 1 aromatic carbocycles. The van der Waals surface area contributed by atoms with Crippen molar-refractivity contribution in [3.8, 4) is 0 Å². The number of anilines is 1. The fourth-order valence-corrected chi connectivity index (χ4v) is 1.68. The van der Waals surface area contributed by atoms with Crippen molar-refractivity contribution in [3.05, 3.63) is 28.2 Å². The lowest BCUT2D eigenvalue weighted by Crippen LogP contribution is -2.15. The molecule has 3 heteroatoms. The van der Waals surface area contributed by atoms with E-state index in [-0.39, 0.29) is 6.04 Å². The van der Waals surface area contributed by atoms with Crippen molar-refractivity contribution in [2.24, 2.45) is 5.73 Å². The maximum Gasteiger partial charge on any atom is 0.0410 e. The zero-order chi connectivity index (χ0) is 10.0. The summed E-state index contributed by atoms with van der Waals surface area (Å²) in [7, 11) is 4.05. The first kappa shape index (κ1) is 10.5. The number of hydrogen-bond acceptors (Lipinski definition) is 2. The highest BCUT2D eigenvalue weighted by atomic mass is 79.9. The van der Waals surface area contributed by atoms with Crippen molar-refractivity contribution >= 4 is 21.6 Å². The van der Waals surface area contributed by atoms with Crippen LogP contribution in [-0.2, 0) is 0 Å². The summed E-state index contributed by atoms with van der Waals surface area (Å²) in [6, 6.07) is 6.24. The third kappa shape index (κ3) is 2.45. The van der Waals surface area contributed by atoms with E-state index in [4.69, 9.17) is 5.73 Å². The van der Waals surface area contributed by atoms with Gasteiger partial charge in [0.15, 0.2) is 0 Å². The van der Waals surface area contributed by atoms with Gasteiger partial charge >= 0.3 is 0 Å². The van der Waals surface area contributed by atoms with Crippen molar-refractivity contribution in [2.45, 2.75) is 13.0 Å². The Morgan fingerprint density at radius 1 is 1.38 bits per heavy atom. The van der Waals surface area contributed by atoms with Gasteiger partial charge in [-0.15, -0.1) is 0 Å². The van der Waals surface area contributed by atoms with Gasteiger partial charge in [0.25, 0.3) is 0 Å². The summed E-state index contributed by atoms with van der Waals surface area (Å²) in [6.07, 6.45) is 0. The molecule has 1 aromatic rings. The van der Waals surface area contributed by atoms with E-state index in [9.17, 15) is 0 Å². The van der Waals surface area contributed by atoms with Crippen LogP contribution >= 0.6 is 15.9 Å². The van der Waals surface area contributed by atoms with E-state index in [1.54, 1.807) is 0 Å². The fraction of sp³-hybridized carbons (Fsp3) is 0.400. The van der Waals surface area contributed by atoms with Crippen LogP contribution in [-0.4, -0.2) is 14.1 Å². The Bertz CT molecular complexity index is 295. The van der Waals surface area contributed by atoms with Gasteiger partial charge in [0.1, 0.15) is 0 Å². The van der Waals surface area contributed by atoms with Crippen LogP contribution in [0.1, 0.15) is 18.5 Å². The lowest BCUT2D eigenvalue weighted by Gasteiger charge is -2.19. The number of benzene rings is 1. The number of nitrogens with two attached hydrogens (primary N) is 1. The normalized spacial score (nSPS) is 12.7. The van der Waals surface area contributed by atoms with E-state index in [1.165, 1.54) is 11.3 Å². The lowest BCUT2D eigenvalue weighted by atomic mass is 10.1. The topological polar surface area (TPSA) is 29.3 Å². The number of hydrogen-bond donors (Lipinski definition) is 1. The van der Waals surface area contributed by atoms with E-state index in [2.05, 4.69) is 33.0 Å². The molecular formula is C10H15BrN2. The highest BCUT2D eigenvalue weighted by Crippen LogP contribution is 2.26. The predicted molar refractivity (Wildman–Crippen MR) is 61.1 cm³/mol. The molecule has 0 bridgehead atoms. The molecule has 0 spiro atoms. The minimum atomic E-state index is 0.0647. The highest BCUT2D eigenvalue weighted by Gasteiger charge is 2.08. The van der Waals surface area contributed by atoms with Crippen LogP contribution in [0, 0.1) is 0 Å². The van der Waals surface area contributed by atoms with Gasteiger partial charge in [0.2, 0.25) is 0 Å². The second-order valence-electron chi connectivity index (χ2n) is 3.39. The Morgan fingerprint density at radius 3 is 2.46 bits per heavy atom. The molecule has 0 radical (unpaired) electrons. The first-order chi connectivity index (χ1) is 6.02. The smallest absolute Gasteiger partial charge is 0.0410 e. The molecule has 0 saturated carbocycles. The molecule has 1 rings (SSSR count). The molecule has 0 heterocycles. The van der Waals surface area contributed by atoms with Crippen LogP contribution in [0.3, 0.4) is 0 Å². The van der Waals surface area contributed by atoms with E-state index < -0.39 is 0 Å². The summed E-state index contributed by atoms with van der Waals surface area (Å²) in [5.41, 5.74) is 8.22. The molecule has 0 amide bonds. The number of nitrogens with zero attached hydrogens (tertiary/aromatic N) is 1. The van der Waals surface area contributed by atoms with Crippen LogP contribution < -0.4 is 10.6 Å². The molecule has 72 valence electrons. The van der Waals surface area contributed by atoms with E-state index >= 15 is 0 Å². The van der Waals surface area contributed by atoms with Crippen molar-refractivity contribution in [1.29, 1.82) is 0 Å². The molecule has 1 unspecified atom stereocenters. The molecule has 1 atom stereocenters. The van der Waals surface area contributed by atoms with Gasteiger partial charge in [-0.25, -0.2) is 0 Å². The fourth-order valence-electron chi connectivity index (χ4n) is 1.30. The first-order valence-electron chi connectivity index (χ1n) is 4.24. The monoisotopic (exact) mass is 242 g/mol. The SMILES string of the molecule is CC(N)c1cc(Br)ccc1N(C)C. The van der Waals surface area contributed by atoms with Crippen molar-refractivity contribution < 1.29 is 0 Å². The summed E-state index contributed by atoms with van der Waals surface area (Å²) >= 11 is 3.44. The molecular weight excluding hydrogens is 228 g/mol. The van der Waals surface area contributed by atoms with Crippen LogP contribution in [0.2, 0.25) is 0 Å². The van der Waals surface area contributed by atoms with Crippen molar-refractivity contribution in [3.63, 3.8) is 0 Å². The molecule has 0 aliphatic heterocycles. The second kappa shape index (κ2) is 4.11. The third-order valence-electron chi connectivity index (χ3n) is 1.96. The molecule has 0 saturated heterocycles. The van der Waals surface area contributed by atoms with Gasteiger partial charge in [-0.2, -0.15) is 0 Å². The Hall–Kier alpha value is -0.540. The Labute approximate surface area is 87.9 Å². The Morgan fingerprint density at radius 2 is 2.00 bits per heavy atom. The van der Waals surface area contributed by atoms with Gasteiger partial charge in [0.05, 0.1) is 0 Å². The van der Waals surface area contributed by atoms with E-state index in [0.29, 0.717) is 0 Å². The van der Waals surface area contributed by atoms with Crippen LogP contribution in [0.25, 0.3) is 0 Å². The van der Waals surface area contributed by atoms with Gasteiger partial charge in [-0.3, -0.25) is 0 Å². The second-order valence-corrected chi connectivity index (χ2v) is 4.30. The largest absolute Gasteiger partial charge is 0.377 e. The molecule has 2 nitrogen and oxygen atoms in total. The molecule has 0 fully saturated rings. The predicted octanol–water partition coefficient (Wildman–Crippen LogP) is 2.53. The average molecular weight is 243 g/mol. The molecule has 0 aliphatic carbocycles. The van der Waals surface area contributed by atoms with E-state index in [0.717, 1.165) is 4.47 Å². The summed E-state index contributed by atoms with van der Waals surface area (Å²) in [6.45, 7) is 1.99. The lowest BCUT2D eigenvalue weighted by molar-refractivity contribution is 0.812. The van der Waals surface area contributed by atoms with Crippen LogP contribution in [0.4, 0.5) is 5.69 Å². The quantitative estimate of drug-likeness (QED) is 0.864. The zero-order valence-electron chi connectivity index (χ0n) is 8.21. The maximum atomic E-state index is 5.87. The van der Waals surface area contributed by atoms with Crippen molar-refractivity contribution in [2.75, 3.05) is 19.0 Å². The highest BCUT2D eigenvalue weighted by molar-refractivity contribution is 9.10. The third-order valence-corrected chi connectivity index (χ3v) is 2.46. The molecule has 2 N–H and O–H groups in total. The van der Waals surface area contributed by atoms with Crippen molar-refractivity contribution in [1.82, 2.24) is 0 Å². The summed E-state index contributed by atoms with van der Waals surface area (Å²) in [4.78, 5) is 2.07. The first-order valence-corrected chi connectivity index (χ1v) is 5.04. The molecule has 0 aliphatic rings. The number of halogens is 1. The molecule has 13 heavy (non-hydrogen) atoms. The summed E-state index contributed by atoms with van der Waals surface area (Å²) < 4.78 is 1.07. The van der Waals surface area contributed by atoms with E-state index in [1.807, 2.05) is 27.1 Å². The minimum Gasteiger partial charge on any atom is -0.377 e. The van der Waals surface area contributed by atoms with Gasteiger partial charge < -0.3 is 10.6 Å². The standard InChI is InChI=1S/C10H15BrN2/c1-7(12)9-6-8(11)4-5-10(9)13(2)3/h4-7H,12H2,1-3H3. The summed E-state index contributed by atoms with van der Waals surface area (Å²) in [5, 5.41) is 0. The summed E-state index contributed by atoms with van der Waals surface area (Å²) in [5.74, 6) is 0. The average Bonchev–Trinajstić information content (AvgIpc) is 2.03. The Kier molecular flexibility index (Phi) is 3.33. The Balaban J connectivity index is 3.19. The molecule has 0 aromatic heterocycles. The van der Waals surface area contributed by atoms with Gasteiger partial charge in [-0.1, -0.05) is 15.9 Å². The van der Waals surface area contributed by atoms with Crippen LogP contribution in [0.5, 0.6) is 0 Å².